The molecule has 3 aromatic rings. The maximum absolute atomic E-state index is 11.4. The van der Waals surface area contributed by atoms with Crippen LogP contribution in [0.25, 0.3) is 11.0 Å². The number of nitrogens with zero attached hydrogens (tertiary/aromatic N) is 3. The number of para-hydroxylation sites is 1. The van der Waals surface area contributed by atoms with Crippen LogP contribution in [0.2, 0.25) is 0 Å². The lowest BCUT2D eigenvalue weighted by atomic mass is 10.2. The molecule has 0 radical (unpaired) electrons. The lowest BCUT2D eigenvalue weighted by Gasteiger charge is -2.08. The summed E-state index contributed by atoms with van der Waals surface area (Å²) >= 11 is 4.68. The van der Waals surface area contributed by atoms with Gasteiger partial charge in [0, 0.05) is 16.8 Å². The van der Waals surface area contributed by atoms with E-state index in [2.05, 4.69) is 32.5 Å². The Bertz CT molecular complexity index is 909. The van der Waals surface area contributed by atoms with Crippen LogP contribution in [0.4, 0.5) is 0 Å². The lowest BCUT2D eigenvalue weighted by molar-refractivity contribution is -0.782. The van der Waals surface area contributed by atoms with E-state index in [1.165, 1.54) is 0 Å². The van der Waals surface area contributed by atoms with Crippen molar-refractivity contribution < 1.29 is 14.3 Å². The van der Waals surface area contributed by atoms with Gasteiger partial charge in [0.05, 0.1) is 6.21 Å². The Balaban J connectivity index is 1.74. The number of hydrazone groups is 1. The molecule has 2 aromatic carbocycles. The van der Waals surface area contributed by atoms with Crippen LogP contribution in [0.1, 0.15) is 11.1 Å². The number of nitrogens with two attached hydrogens (primary N) is 1. The molecule has 1 heterocycles. The van der Waals surface area contributed by atoms with Crippen molar-refractivity contribution in [2.75, 3.05) is 0 Å². The summed E-state index contributed by atoms with van der Waals surface area (Å²) in [5.74, 6) is 0.631. The van der Waals surface area contributed by atoms with E-state index in [-0.39, 0.29) is 11.7 Å². The molecule has 8 nitrogen and oxygen atoms in total. The van der Waals surface area contributed by atoms with Crippen molar-refractivity contribution in [2.24, 2.45) is 10.8 Å². The van der Waals surface area contributed by atoms with Crippen LogP contribution in [0.5, 0.6) is 5.75 Å². The molecule has 24 heavy (non-hydrogen) atoms. The Morgan fingerprint density at radius 2 is 2.25 bits per heavy atom. The standard InChI is InChI=1S/C15H13N5O3S/c16-15(24)18-17-8-11-3-1-2-4-14(11)22-9-10-5-6-12-13(7-10)20(21)23-19-12/h1-8H,9H2,(H3,16,18,24)/b17-8-. The Hall–Kier alpha value is -3.20. The number of ether oxygens (including phenoxy) is 1. The number of thiocarbonyl (C=S) groups is 1. The zero-order chi connectivity index (χ0) is 16.9. The third kappa shape index (κ3) is 3.58. The molecule has 0 fully saturated rings. The highest BCUT2D eigenvalue weighted by molar-refractivity contribution is 7.80. The second-order valence-corrected chi connectivity index (χ2v) is 5.25. The normalized spacial score (nSPS) is 11.0. The van der Waals surface area contributed by atoms with Crippen LogP contribution in [0.3, 0.4) is 0 Å². The number of nitrogens with one attached hydrogen (secondary N) is 1. The average Bonchev–Trinajstić information content (AvgIpc) is 2.94. The Kier molecular flexibility index (Phi) is 4.52. The molecular weight excluding hydrogens is 330 g/mol. The summed E-state index contributed by atoms with van der Waals surface area (Å²) in [5.41, 5.74) is 10.2. The van der Waals surface area contributed by atoms with Gasteiger partial charge < -0.3 is 15.7 Å². The van der Waals surface area contributed by atoms with E-state index < -0.39 is 0 Å². The van der Waals surface area contributed by atoms with Gasteiger partial charge in [-0.1, -0.05) is 18.2 Å². The predicted octanol–water partition coefficient (Wildman–Crippen LogP) is 1.21. The first-order chi connectivity index (χ1) is 11.6. The second-order valence-electron chi connectivity index (χ2n) is 4.81. The van der Waals surface area contributed by atoms with Crippen molar-refractivity contribution in [1.29, 1.82) is 0 Å². The number of rotatable bonds is 5. The summed E-state index contributed by atoms with van der Waals surface area (Å²) in [6.07, 6.45) is 1.56. The van der Waals surface area contributed by atoms with Crippen LogP contribution in [-0.2, 0) is 6.61 Å². The fourth-order valence-electron chi connectivity index (χ4n) is 2.05. The van der Waals surface area contributed by atoms with E-state index >= 15 is 0 Å². The van der Waals surface area contributed by atoms with Gasteiger partial charge in [-0.3, -0.25) is 10.1 Å². The molecule has 9 heteroatoms. The molecule has 0 saturated carbocycles. The van der Waals surface area contributed by atoms with Crippen LogP contribution in [0, 0.1) is 5.21 Å². The quantitative estimate of drug-likeness (QED) is 0.310. The molecule has 0 saturated heterocycles. The number of hydrogen-bond donors (Lipinski definition) is 2. The van der Waals surface area contributed by atoms with E-state index in [1.807, 2.05) is 30.3 Å². The van der Waals surface area contributed by atoms with Gasteiger partial charge in [-0.15, -0.1) is 0 Å². The van der Waals surface area contributed by atoms with E-state index in [0.29, 0.717) is 21.7 Å². The maximum Gasteiger partial charge on any atom is 0.248 e. The van der Waals surface area contributed by atoms with E-state index in [4.69, 9.17) is 10.5 Å². The molecule has 3 N–H and O–H groups in total. The summed E-state index contributed by atoms with van der Waals surface area (Å²) < 4.78 is 10.3. The Labute approximate surface area is 142 Å². The molecule has 3 rings (SSSR count). The first-order valence-electron chi connectivity index (χ1n) is 6.92. The van der Waals surface area contributed by atoms with Crippen LogP contribution >= 0.6 is 12.2 Å². The van der Waals surface area contributed by atoms with Crippen molar-refractivity contribution in [3.63, 3.8) is 0 Å². The molecule has 122 valence electrons. The summed E-state index contributed by atoms with van der Waals surface area (Å²) in [5, 5.41) is 19.1. The van der Waals surface area contributed by atoms with Gasteiger partial charge >= 0.3 is 0 Å². The monoisotopic (exact) mass is 343 g/mol. The van der Waals surface area contributed by atoms with E-state index in [9.17, 15) is 5.21 Å². The van der Waals surface area contributed by atoms with Gasteiger partial charge in [0.15, 0.2) is 5.11 Å². The fourth-order valence-corrected chi connectivity index (χ4v) is 2.11. The van der Waals surface area contributed by atoms with Crippen molar-refractivity contribution in [1.82, 2.24) is 10.6 Å². The Morgan fingerprint density at radius 3 is 3.08 bits per heavy atom. The third-order valence-electron chi connectivity index (χ3n) is 3.14. The van der Waals surface area contributed by atoms with Gasteiger partial charge in [-0.2, -0.15) is 5.10 Å². The smallest absolute Gasteiger partial charge is 0.248 e. The summed E-state index contributed by atoms with van der Waals surface area (Å²) in [6, 6.07) is 12.6. The lowest BCUT2D eigenvalue weighted by Crippen LogP contribution is -2.24. The summed E-state index contributed by atoms with van der Waals surface area (Å²) in [7, 11) is 0. The maximum atomic E-state index is 11.4. The molecule has 0 spiro atoms. The molecule has 0 atom stereocenters. The molecular formula is C15H13N5O3S. The van der Waals surface area contributed by atoms with Crippen LogP contribution in [0.15, 0.2) is 52.2 Å². The molecule has 0 bridgehead atoms. The van der Waals surface area contributed by atoms with Crippen molar-refractivity contribution in [3.05, 3.63) is 58.8 Å². The summed E-state index contributed by atoms with van der Waals surface area (Å²) in [6.45, 7) is 0.273. The minimum absolute atomic E-state index is 0.0811. The van der Waals surface area contributed by atoms with E-state index in [1.54, 1.807) is 18.3 Å². The van der Waals surface area contributed by atoms with Crippen molar-refractivity contribution >= 4 is 34.6 Å². The highest BCUT2D eigenvalue weighted by Crippen LogP contribution is 2.18. The number of benzene rings is 2. The molecule has 0 aliphatic carbocycles. The van der Waals surface area contributed by atoms with Crippen LogP contribution in [-0.4, -0.2) is 16.5 Å². The van der Waals surface area contributed by atoms with Crippen molar-refractivity contribution in [2.45, 2.75) is 6.61 Å². The number of fused-ring (bicyclic) bond motifs is 1. The minimum atomic E-state index is 0.0811. The van der Waals surface area contributed by atoms with Gasteiger partial charge in [-0.05, 0) is 40.9 Å². The largest absolute Gasteiger partial charge is 0.488 e. The zero-order valence-corrected chi connectivity index (χ0v) is 13.2. The van der Waals surface area contributed by atoms with E-state index in [0.717, 1.165) is 11.1 Å². The van der Waals surface area contributed by atoms with Crippen molar-refractivity contribution in [3.8, 4) is 5.75 Å². The fraction of sp³-hybridized carbons (Fsp3) is 0.0667. The molecule has 0 aliphatic rings. The van der Waals surface area contributed by atoms with Gasteiger partial charge in [0.25, 0.3) is 0 Å². The third-order valence-corrected chi connectivity index (χ3v) is 3.23. The van der Waals surface area contributed by atoms with Gasteiger partial charge in [-0.25, -0.2) is 0 Å². The predicted molar refractivity (Wildman–Crippen MR) is 91.3 cm³/mol. The van der Waals surface area contributed by atoms with Crippen LogP contribution < -0.4 is 20.8 Å². The summed E-state index contributed by atoms with van der Waals surface area (Å²) in [4.78, 5) is 0.362. The highest BCUT2D eigenvalue weighted by atomic mass is 32.1. The number of aromatic nitrogens is 2. The average molecular weight is 343 g/mol. The number of hydrogen-bond acceptors (Lipinski definition) is 6. The van der Waals surface area contributed by atoms with Gasteiger partial charge in [0.1, 0.15) is 12.4 Å². The molecule has 1 aromatic heterocycles. The first-order valence-corrected chi connectivity index (χ1v) is 7.33. The van der Waals surface area contributed by atoms with Gasteiger partial charge in [0.2, 0.25) is 11.0 Å². The Morgan fingerprint density at radius 1 is 1.42 bits per heavy atom. The first kappa shape index (κ1) is 15.7. The molecule has 0 unspecified atom stereocenters. The SMILES string of the molecule is NC(=S)N/N=C\c1ccccc1OCc1ccc2no[n+]([O-])c2c1. The zero-order valence-electron chi connectivity index (χ0n) is 12.4. The highest BCUT2D eigenvalue weighted by Gasteiger charge is 2.10. The topological polar surface area (TPSA) is 113 Å². The minimum Gasteiger partial charge on any atom is -0.488 e. The second kappa shape index (κ2) is 6.92. The molecule has 0 aliphatic heterocycles. The molecule has 0 amide bonds.